The van der Waals surface area contributed by atoms with Crippen LogP contribution in [0.25, 0.3) is 0 Å². The zero-order valence-corrected chi connectivity index (χ0v) is 10.8. The van der Waals surface area contributed by atoms with E-state index in [4.69, 9.17) is 11.6 Å². The molecule has 1 saturated heterocycles. The molecule has 1 aliphatic heterocycles. The van der Waals surface area contributed by atoms with Gasteiger partial charge in [-0.2, -0.15) is 0 Å². The SMILES string of the molecule is CC(c1ncc(Br)cc1Cl)N1CCNC1. The topological polar surface area (TPSA) is 28.2 Å². The van der Waals surface area contributed by atoms with Gasteiger partial charge in [0, 0.05) is 30.4 Å². The van der Waals surface area contributed by atoms with Crippen LogP contribution < -0.4 is 5.32 Å². The maximum atomic E-state index is 6.16. The quantitative estimate of drug-likeness (QED) is 0.907. The van der Waals surface area contributed by atoms with Gasteiger partial charge in [0.1, 0.15) is 0 Å². The van der Waals surface area contributed by atoms with Crippen molar-refractivity contribution in [2.24, 2.45) is 0 Å². The third kappa shape index (κ3) is 2.50. The summed E-state index contributed by atoms with van der Waals surface area (Å²) in [4.78, 5) is 6.70. The van der Waals surface area contributed by atoms with E-state index >= 15 is 0 Å². The summed E-state index contributed by atoms with van der Waals surface area (Å²) in [6, 6.07) is 2.16. The smallest absolute Gasteiger partial charge is 0.0759 e. The van der Waals surface area contributed by atoms with E-state index in [2.05, 4.69) is 38.1 Å². The number of nitrogens with zero attached hydrogens (tertiary/aromatic N) is 2. The van der Waals surface area contributed by atoms with Crippen LogP contribution in [0.3, 0.4) is 0 Å². The lowest BCUT2D eigenvalue weighted by atomic mass is 10.2. The van der Waals surface area contributed by atoms with Crippen molar-refractivity contribution in [2.75, 3.05) is 19.8 Å². The van der Waals surface area contributed by atoms with Crippen LogP contribution in [-0.2, 0) is 0 Å². The van der Waals surface area contributed by atoms with Crippen LogP contribution in [0.4, 0.5) is 0 Å². The minimum absolute atomic E-state index is 0.264. The molecule has 1 fully saturated rings. The highest BCUT2D eigenvalue weighted by atomic mass is 79.9. The summed E-state index contributed by atoms with van der Waals surface area (Å²) in [6.45, 7) is 5.14. The van der Waals surface area contributed by atoms with Crippen molar-refractivity contribution in [3.8, 4) is 0 Å². The van der Waals surface area contributed by atoms with Crippen LogP contribution in [0, 0.1) is 0 Å². The molecule has 0 aromatic carbocycles. The fourth-order valence-corrected chi connectivity index (χ4v) is 2.55. The van der Waals surface area contributed by atoms with Gasteiger partial charge in [0.2, 0.25) is 0 Å². The average Bonchev–Trinajstić information content (AvgIpc) is 2.69. The Kier molecular flexibility index (Phi) is 3.61. The Morgan fingerprint density at radius 2 is 2.47 bits per heavy atom. The molecule has 82 valence electrons. The van der Waals surface area contributed by atoms with Crippen molar-refractivity contribution in [2.45, 2.75) is 13.0 Å². The number of aromatic nitrogens is 1. The summed E-state index contributed by atoms with van der Waals surface area (Å²) >= 11 is 9.52. The van der Waals surface area contributed by atoms with Crippen molar-refractivity contribution in [3.63, 3.8) is 0 Å². The predicted octanol–water partition coefficient (Wildman–Crippen LogP) is 2.42. The Morgan fingerprint density at radius 1 is 1.67 bits per heavy atom. The fourth-order valence-electron chi connectivity index (χ4n) is 1.76. The first-order valence-corrected chi connectivity index (χ1v) is 6.11. The summed E-state index contributed by atoms with van der Waals surface area (Å²) in [7, 11) is 0. The number of pyridine rings is 1. The lowest BCUT2D eigenvalue weighted by Gasteiger charge is -2.23. The molecule has 1 aliphatic rings. The molecule has 15 heavy (non-hydrogen) atoms. The summed E-state index contributed by atoms with van der Waals surface area (Å²) in [5, 5.41) is 4.03. The van der Waals surface area contributed by atoms with E-state index in [1.165, 1.54) is 0 Å². The van der Waals surface area contributed by atoms with Gasteiger partial charge < -0.3 is 5.32 Å². The molecular weight excluding hydrogens is 277 g/mol. The summed E-state index contributed by atoms with van der Waals surface area (Å²) < 4.78 is 0.919. The maximum absolute atomic E-state index is 6.16. The zero-order chi connectivity index (χ0) is 10.8. The first-order valence-electron chi connectivity index (χ1n) is 4.94. The van der Waals surface area contributed by atoms with Crippen molar-refractivity contribution in [3.05, 3.63) is 27.5 Å². The fraction of sp³-hybridized carbons (Fsp3) is 0.500. The number of halogens is 2. The molecule has 3 nitrogen and oxygen atoms in total. The molecule has 1 unspecified atom stereocenters. The molecule has 1 aromatic heterocycles. The molecule has 1 atom stereocenters. The molecule has 5 heteroatoms. The number of rotatable bonds is 2. The number of hydrogen-bond donors (Lipinski definition) is 1. The van der Waals surface area contributed by atoms with Crippen LogP contribution in [0.5, 0.6) is 0 Å². The maximum Gasteiger partial charge on any atom is 0.0759 e. The van der Waals surface area contributed by atoms with Gasteiger partial charge in [-0.25, -0.2) is 0 Å². The molecule has 1 N–H and O–H groups in total. The third-order valence-electron chi connectivity index (χ3n) is 2.67. The second kappa shape index (κ2) is 4.78. The average molecular weight is 291 g/mol. The van der Waals surface area contributed by atoms with Gasteiger partial charge in [-0.1, -0.05) is 11.6 Å². The lowest BCUT2D eigenvalue weighted by molar-refractivity contribution is 0.256. The third-order valence-corrected chi connectivity index (χ3v) is 3.41. The van der Waals surface area contributed by atoms with Gasteiger partial charge in [0.15, 0.2) is 0 Å². The van der Waals surface area contributed by atoms with Gasteiger partial charge in [-0.15, -0.1) is 0 Å². The van der Waals surface area contributed by atoms with Crippen LogP contribution in [-0.4, -0.2) is 29.6 Å². The molecule has 0 radical (unpaired) electrons. The first kappa shape index (κ1) is 11.3. The predicted molar refractivity (Wildman–Crippen MR) is 64.9 cm³/mol. The van der Waals surface area contributed by atoms with E-state index < -0.39 is 0 Å². The Bertz CT molecular complexity index is 353. The van der Waals surface area contributed by atoms with Crippen LogP contribution in [0.2, 0.25) is 5.02 Å². The van der Waals surface area contributed by atoms with Crippen LogP contribution in [0.1, 0.15) is 18.7 Å². The Hall–Kier alpha value is -0.160. The highest BCUT2D eigenvalue weighted by Crippen LogP contribution is 2.27. The highest BCUT2D eigenvalue weighted by molar-refractivity contribution is 9.10. The standard InChI is InChI=1S/C10H13BrClN3/c1-7(15-3-2-13-6-15)10-9(12)4-8(11)5-14-10/h4-5,7,13H,2-3,6H2,1H3. The van der Waals surface area contributed by atoms with Crippen LogP contribution >= 0.6 is 27.5 Å². The Balaban J connectivity index is 2.20. The first-order chi connectivity index (χ1) is 7.18. The molecule has 0 bridgehead atoms. The summed E-state index contributed by atoms with van der Waals surface area (Å²) in [5.41, 5.74) is 0.948. The molecule has 1 aromatic rings. The monoisotopic (exact) mass is 289 g/mol. The van der Waals surface area contributed by atoms with Gasteiger partial charge in [0.05, 0.1) is 16.8 Å². The normalized spacial score (nSPS) is 19.4. The van der Waals surface area contributed by atoms with Gasteiger partial charge >= 0.3 is 0 Å². The van der Waals surface area contributed by atoms with E-state index in [1.54, 1.807) is 6.20 Å². The molecule has 0 spiro atoms. The molecule has 0 aliphatic carbocycles. The number of nitrogens with one attached hydrogen (secondary N) is 1. The van der Waals surface area contributed by atoms with E-state index in [0.29, 0.717) is 0 Å². The van der Waals surface area contributed by atoms with Crippen molar-refractivity contribution >= 4 is 27.5 Å². The highest BCUT2D eigenvalue weighted by Gasteiger charge is 2.21. The summed E-state index contributed by atoms with van der Waals surface area (Å²) in [6.07, 6.45) is 1.79. The minimum Gasteiger partial charge on any atom is -0.303 e. The summed E-state index contributed by atoms with van der Waals surface area (Å²) in [5.74, 6) is 0. The molecule has 0 saturated carbocycles. The van der Waals surface area contributed by atoms with E-state index in [-0.39, 0.29) is 6.04 Å². The Labute approximate surface area is 103 Å². The lowest BCUT2D eigenvalue weighted by Crippen LogP contribution is -2.26. The largest absolute Gasteiger partial charge is 0.303 e. The second-order valence-electron chi connectivity index (χ2n) is 3.67. The van der Waals surface area contributed by atoms with Gasteiger partial charge in [-0.05, 0) is 28.9 Å². The number of hydrogen-bond acceptors (Lipinski definition) is 3. The zero-order valence-electron chi connectivity index (χ0n) is 8.50. The van der Waals surface area contributed by atoms with Gasteiger partial charge in [0.25, 0.3) is 0 Å². The minimum atomic E-state index is 0.264. The van der Waals surface area contributed by atoms with E-state index in [9.17, 15) is 0 Å². The van der Waals surface area contributed by atoms with Crippen molar-refractivity contribution in [1.82, 2.24) is 15.2 Å². The molecule has 2 rings (SSSR count). The molecule has 2 heterocycles. The molecular formula is C10H13BrClN3. The van der Waals surface area contributed by atoms with E-state index in [1.807, 2.05) is 6.07 Å². The van der Waals surface area contributed by atoms with Crippen molar-refractivity contribution < 1.29 is 0 Å². The van der Waals surface area contributed by atoms with E-state index in [0.717, 1.165) is 34.9 Å². The van der Waals surface area contributed by atoms with Crippen molar-refractivity contribution in [1.29, 1.82) is 0 Å². The molecule has 0 amide bonds. The van der Waals surface area contributed by atoms with Crippen LogP contribution in [0.15, 0.2) is 16.7 Å². The van der Waals surface area contributed by atoms with Gasteiger partial charge in [-0.3, -0.25) is 9.88 Å². The second-order valence-corrected chi connectivity index (χ2v) is 4.99. The Morgan fingerprint density at radius 3 is 3.07 bits per heavy atom.